The highest BCUT2D eigenvalue weighted by Crippen LogP contribution is 2.14. The normalized spacial score (nSPS) is 11.7. The summed E-state index contributed by atoms with van der Waals surface area (Å²) in [5.74, 6) is 0. The van der Waals surface area contributed by atoms with E-state index in [9.17, 15) is 0 Å². The van der Waals surface area contributed by atoms with E-state index in [0.29, 0.717) is 0 Å². The van der Waals surface area contributed by atoms with Gasteiger partial charge in [-0.25, -0.2) is 0 Å². The third kappa shape index (κ3) is 7.35. The fourth-order valence-electron chi connectivity index (χ4n) is 3.35. The molecule has 1 heteroatoms. The van der Waals surface area contributed by atoms with Crippen molar-refractivity contribution in [2.24, 2.45) is 0 Å². The Morgan fingerprint density at radius 2 is 1.27 bits per heavy atom. The van der Waals surface area contributed by atoms with Gasteiger partial charge in [-0.2, -0.15) is 0 Å². The molecule has 0 bridgehead atoms. The average molecular weight is 414 g/mol. The van der Waals surface area contributed by atoms with Gasteiger partial charge in [0, 0.05) is 27.0 Å². The minimum Gasteiger partial charge on any atom is -0.309 e. The van der Waals surface area contributed by atoms with Crippen molar-refractivity contribution in [1.29, 1.82) is 0 Å². The van der Waals surface area contributed by atoms with Crippen molar-refractivity contribution < 1.29 is 0 Å². The van der Waals surface area contributed by atoms with Gasteiger partial charge < -0.3 is 4.40 Å². The van der Waals surface area contributed by atoms with Gasteiger partial charge in [0.1, 0.15) is 0 Å². The Labute approximate surface area is 188 Å². The second-order valence-electron chi connectivity index (χ2n) is 5.54. The van der Waals surface area contributed by atoms with Gasteiger partial charge in [0.25, 0.3) is 0 Å². The summed E-state index contributed by atoms with van der Waals surface area (Å²) < 4.78 is 2.40. The molecular formula is C29H51N. The van der Waals surface area contributed by atoms with E-state index in [1.807, 2.05) is 61.5 Å². The quantitative estimate of drug-likeness (QED) is 0.479. The van der Waals surface area contributed by atoms with E-state index in [4.69, 9.17) is 0 Å². The van der Waals surface area contributed by atoms with Crippen LogP contribution in [0, 0.1) is 6.92 Å². The molecule has 172 valence electrons. The number of hydrogen-bond donors (Lipinski definition) is 0. The molecule has 0 spiro atoms. The maximum Gasteiger partial charge on any atom is 0.0613 e. The molecule has 0 aliphatic heterocycles. The molecule has 0 unspecified atom stereocenters. The molecule has 0 fully saturated rings. The van der Waals surface area contributed by atoms with Crippen LogP contribution in [0.25, 0.3) is 35.9 Å². The summed E-state index contributed by atoms with van der Waals surface area (Å²) in [7, 11) is 0. The summed E-state index contributed by atoms with van der Waals surface area (Å²) in [6, 6.07) is 0. The Hall–Kier alpha value is -2.02. The van der Waals surface area contributed by atoms with Crippen molar-refractivity contribution >= 4 is 35.9 Å². The molecule has 0 radical (unpaired) electrons. The highest BCUT2D eigenvalue weighted by Gasteiger charge is 2.15. The fraction of sp³-hybridized carbons (Fsp3) is 0.517. The van der Waals surface area contributed by atoms with Crippen molar-refractivity contribution in [2.45, 2.75) is 103 Å². The molecule has 2 heterocycles. The van der Waals surface area contributed by atoms with Gasteiger partial charge in [-0.05, 0) is 45.3 Å². The Kier molecular flexibility index (Phi) is 22.0. The van der Waals surface area contributed by atoms with E-state index in [-0.39, 0.29) is 0 Å². The Balaban J connectivity index is -0.000000815. The predicted molar refractivity (Wildman–Crippen MR) is 146 cm³/mol. The standard InChI is InChI=1S/C21H27N.4C2H6/c1-7-12-17-15(6)20(14-9-3)22-19(11-5)18(13-8-2)16(10-4)21(17)22;4*1-2/h9-14H,4,7-8H2,1-3,5-6H3;4*1-2H3/b14-9-,17-12-,18-13-,19-11+;;;;. The molecule has 0 atom stereocenters. The molecule has 0 aliphatic rings. The van der Waals surface area contributed by atoms with Crippen LogP contribution < -0.4 is 15.8 Å². The molecule has 2 aromatic heterocycles. The van der Waals surface area contributed by atoms with Gasteiger partial charge >= 0.3 is 0 Å². The summed E-state index contributed by atoms with van der Waals surface area (Å²) in [6.07, 6.45) is 15.3. The third-order valence-corrected chi connectivity index (χ3v) is 4.19. The van der Waals surface area contributed by atoms with E-state index in [1.165, 1.54) is 38.1 Å². The molecule has 2 aromatic rings. The number of allylic oxidation sites excluding steroid dienone is 1. The zero-order valence-electron chi connectivity index (χ0n) is 22.5. The van der Waals surface area contributed by atoms with Gasteiger partial charge in [0.05, 0.1) is 5.52 Å². The molecule has 0 saturated carbocycles. The van der Waals surface area contributed by atoms with Crippen molar-refractivity contribution in [3.8, 4) is 0 Å². The number of fused-ring (bicyclic) bond motifs is 1. The van der Waals surface area contributed by atoms with Gasteiger partial charge in [0.15, 0.2) is 0 Å². The summed E-state index contributed by atoms with van der Waals surface area (Å²) in [4.78, 5) is 0. The lowest BCUT2D eigenvalue weighted by atomic mass is 10.1. The lowest BCUT2D eigenvalue weighted by Crippen LogP contribution is -2.27. The Morgan fingerprint density at radius 3 is 1.63 bits per heavy atom. The number of aromatic nitrogens is 1. The minimum absolute atomic E-state index is 1.03. The molecule has 0 amide bonds. The van der Waals surface area contributed by atoms with Crippen LogP contribution in [-0.2, 0) is 0 Å². The number of rotatable bonds is 4. The summed E-state index contributed by atoms with van der Waals surface area (Å²) in [6.45, 7) is 30.9. The average Bonchev–Trinajstić information content (AvgIpc) is 3.26. The second kappa shape index (κ2) is 20.3. The molecule has 0 aliphatic carbocycles. The van der Waals surface area contributed by atoms with E-state index < -0.39 is 0 Å². The van der Waals surface area contributed by atoms with Crippen LogP contribution in [0.1, 0.15) is 113 Å². The lowest BCUT2D eigenvalue weighted by molar-refractivity contribution is 1.12. The van der Waals surface area contributed by atoms with Crippen molar-refractivity contribution in [2.75, 3.05) is 0 Å². The second-order valence-corrected chi connectivity index (χ2v) is 5.54. The summed E-state index contributed by atoms with van der Waals surface area (Å²) >= 11 is 0. The van der Waals surface area contributed by atoms with Gasteiger partial charge in [-0.15, -0.1) is 0 Å². The maximum atomic E-state index is 4.08. The first-order chi connectivity index (χ1) is 14.7. The van der Waals surface area contributed by atoms with Crippen molar-refractivity contribution in [3.05, 3.63) is 45.3 Å². The zero-order valence-corrected chi connectivity index (χ0v) is 22.5. The van der Waals surface area contributed by atoms with Crippen LogP contribution in [-0.4, -0.2) is 4.40 Å². The lowest BCUT2D eigenvalue weighted by Gasteiger charge is -1.96. The molecule has 0 aromatic carbocycles. The van der Waals surface area contributed by atoms with E-state index >= 15 is 0 Å². The minimum atomic E-state index is 1.03. The van der Waals surface area contributed by atoms with Gasteiger partial charge in [-0.1, -0.05) is 106 Å². The smallest absolute Gasteiger partial charge is 0.0613 e. The molecule has 1 nitrogen and oxygen atoms in total. The molecule has 30 heavy (non-hydrogen) atoms. The summed E-state index contributed by atoms with van der Waals surface area (Å²) in [5.41, 5.74) is 5.19. The van der Waals surface area contributed by atoms with Crippen molar-refractivity contribution in [1.82, 2.24) is 4.40 Å². The number of nitrogens with zero attached hydrogens (tertiary/aromatic N) is 1. The highest BCUT2D eigenvalue weighted by molar-refractivity contribution is 5.77. The van der Waals surface area contributed by atoms with Crippen molar-refractivity contribution in [3.63, 3.8) is 0 Å². The zero-order chi connectivity index (χ0) is 24.3. The maximum absolute atomic E-state index is 4.08. The topological polar surface area (TPSA) is 4.41 Å². The van der Waals surface area contributed by atoms with Crippen LogP contribution in [0.15, 0.2) is 12.7 Å². The largest absolute Gasteiger partial charge is 0.309 e. The number of hydrogen-bond acceptors (Lipinski definition) is 0. The SMILES string of the molecule is C=Cc1c(=C/CC)/c(=C\C)n2c(/C=C\C)c(C)/c(=C/CC)c12.CC.CC.CC.CC. The van der Waals surface area contributed by atoms with Crippen LogP contribution in [0.3, 0.4) is 0 Å². The Bertz CT molecular complexity index is 889. The van der Waals surface area contributed by atoms with Crippen LogP contribution in [0.4, 0.5) is 0 Å². The fourth-order valence-corrected chi connectivity index (χ4v) is 3.35. The molecular weight excluding hydrogens is 362 g/mol. The van der Waals surface area contributed by atoms with Gasteiger partial charge in [0.2, 0.25) is 0 Å². The first-order valence-corrected chi connectivity index (χ1v) is 12.2. The molecule has 0 N–H and O–H groups in total. The highest BCUT2D eigenvalue weighted by atomic mass is 14.9. The first kappa shape index (κ1) is 32.6. The molecule has 2 rings (SSSR count). The van der Waals surface area contributed by atoms with Crippen LogP contribution in [0.5, 0.6) is 0 Å². The van der Waals surface area contributed by atoms with Crippen LogP contribution in [0.2, 0.25) is 0 Å². The summed E-state index contributed by atoms with van der Waals surface area (Å²) in [5, 5.41) is 3.94. The van der Waals surface area contributed by atoms with Gasteiger partial charge in [-0.3, -0.25) is 0 Å². The monoisotopic (exact) mass is 413 g/mol. The van der Waals surface area contributed by atoms with E-state index in [0.717, 1.165) is 12.8 Å². The van der Waals surface area contributed by atoms with Crippen LogP contribution >= 0.6 is 0 Å². The Morgan fingerprint density at radius 1 is 0.800 bits per heavy atom. The van der Waals surface area contributed by atoms with E-state index in [2.05, 4.69) is 76.0 Å². The molecule has 0 saturated heterocycles. The third-order valence-electron chi connectivity index (χ3n) is 4.19. The van der Waals surface area contributed by atoms with E-state index in [1.54, 1.807) is 0 Å². The predicted octanol–water partition coefficient (Wildman–Crippen LogP) is 7.93. The first-order valence-electron chi connectivity index (χ1n) is 12.2.